The first kappa shape index (κ1) is 20.3. The third kappa shape index (κ3) is 3.79. The van der Waals surface area contributed by atoms with Crippen LogP contribution in [0, 0.1) is 0 Å². The number of benzene rings is 2. The summed E-state index contributed by atoms with van der Waals surface area (Å²) >= 11 is 0. The van der Waals surface area contributed by atoms with Gasteiger partial charge in [-0.3, -0.25) is 0 Å². The van der Waals surface area contributed by atoms with Crippen LogP contribution in [0.1, 0.15) is 38.8 Å². The van der Waals surface area contributed by atoms with Crippen LogP contribution in [0.4, 0.5) is 0 Å². The first-order valence-corrected chi connectivity index (χ1v) is 12.6. The molecule has 0 amide bonds. The van der Waals surface area contributed by atoms with Crippen LogP contribution in [0.2, 0.25) is 18.1 Å². The number of hydrogen-bond acceptors (Lipinski definition) is 3. The predicted molar refractivity (Wildman–Crippen MR) is 115 cm³/mol. The molecule has 0 bridgehead atoms. The predicted octanol–water partition coefficient (Wildman–Crippen LogP) is 4.86. The first-order valence-electron chi connectivity index (χ1n) is 9.73. The maximum absolute atomic E-state index is 6.76. The Morgan fingerprint density at radius 1 is 1.00 bits per heavy atom. The molecule has 5 heteroatoms. The van der Waals surface area contributed by atoms with Crippen LogP contribution in [-0.2, 0) is 14.7 Å². The lowest BCUT2D eigenvalue weighted by molar-refractivity contribution is 0.0520. The molecule has 0 saturated carbocycles. The van der Waals surface area contributed by atoms with Gasteiger partial charge >= 0.3 is 7.62 Å². The molecule has 2 aromatic carbocycles. The Labute approximate surface area is 165 Å². The normalized spacial score (nSPS) is 20.9. The molecule has 1 heterocycles. The quantitative estimate of drug-likeness (QED) is 0.752. The highest BCUT2D eigenvalue weighted by Crippen LogP contribution is 2.43. The highest BCUT2D eigenvalue weighted by molar-refractivity contribution is 6.74. The van der Waals surface area contributed by atoms with Gasteiger partial charge in [0.2, 0.25) is 0 Å². The van der Waals surface area contributed by atoms with Crippen LogP contribution in [0.5, 0.6) is 0 Å². The largest absolute Gasteiger partial charge is 0.413 e. The maximum Gasteiger partial charge on any atom is 0.397 e. The van der Waals surface area contributed by atoms with E-state index in [2.05, 4.69) is 94.5 Å². The maximum atomic E-state index is 6.76. The molecule has 2 atom stereocenters. The van der Waals surface area contributed by atoms with Gasteiger partial charge in [-0.15, -0.1) is 0 Å². The van der Waals surface area contributed by atoms with Crippen molar-refractivity contribution in [1.82, 2.24) is 5.23 Å². The molecular weight excluding hydrogens is 349 g/mol. The smallest absolute Gasteiger partial charge is 0.397 e. The molecule has 1 unspecified atom stereocenters. The van der Waals surface area contributed by atoms with E-state index >= 15 is 0 Å². The van der Waals surface area contributed by atoms with Crippen LogP contribution in [0.3, 0.4) is 0 Å². The Hall–Kier alpha value is -1.40. The topological polar surface area (TPSA) is 30.5 Å². The molecule has 143 valence electrons. The van der Waals surface area contributed by atoms with Crippen molar-refractivity contribution < 1.29 is 9.08 Å². The Morgan fingerprint density at radius 3 is 1.93 bits per heavy atom. The zero-order valence-electron chi connectivity index (χ0n) is 17.3. The summed E-state index contributed by atoms with van der Waals surface area (Å²) < 4.78 is 13.1. The molecule has 3 rings (SSSR count). The Balaban J connectivity index is 2.03. The summed E-state index contributed by atoms with van der Waals surface area (Å²) in [6, 6.07) is 20.9. The molecule has 3 nitrogen and oxygen atoms in total. The number of rotatable bonds is 5. The van der Waals surface area contributed by atoms with E-state index in [0.717, 1.165) is 11.1 Å². The molecule has 0 spiro atoms. The van der Waals surface area contributed by atoms with Crippen LogP contribution >= 0.6 is 0 Å². The summed E-state index contributed by atoms with van der Waals surface area (Å²) in [5, 5.41) is 3.63. The lowest BCUT2D eigenvalue weighted by Crippen LogP contribution is -2.54. The monoisotopic (exact) mass is 380 g/mol. The van der Waals surface area contributed by atoms with Crippen LogP contribution in [-0.4, -0.2) is 28.1 Å². The summed E-state index contributed by atoms with van der Waals surface area (Å²) in [4.78, 5) is 0. The van der Waals surface area contributed by atoms with Crippen molar-refractivity contribution >= 4 is 15.9 Å². The summed E-state index contributed by atoms with van der Waals surface area (Å²) in [6.07, 6.45) is -0.00921. The van der Waals surface area contributed by atoms with E-state index in [9.17, 15) is 0 Å². The average molecular weight is 380 g/mol. The number of nitrogens with one attached hydrogen (secondary N) is 1. The van der Waals surface area contributed by atoms with Gasteiger partial charge in [0.05, 0.1) is 12.1 Å². The minimum atomic E-state index is -1.91. The highest BCUT2D eigenvalue weighted by atomic mass is 28.4. The fraction of sp³-hybridized carbons (Fsp3) is 0.455. The van der Waals surface area contributed by atoms with Crippen molar-refractivity contribution in [1.29, 1.82) is 0 Å². The standard InChI is InChI=1S/C22H31BNO2Si/c1-17(25-27(5,6)21(2,3)4)20-22(26-23-24-20,18-13-9-7-10-14-18)19-15-11-8-12-16-19/h7-17,20,24H,1-6H3/t17-,20?/m1/s1. The van der Waals surface area contributed by atoms with E-state index in [1.807, 2.05) is 12.1 Å². The molecule has 1 aliphatic heterocycles. The first-order chi connectivity index (χ1) is 12.7. The van der Waals surface area contributed by atoms with E-state index in [4.69, 9.17) is 9.08 Å². The molecule has 1 saturated heterocycles. The second-order valence-corrected chi connectivity index (χ2v) is 13.7. The van der Waals surface area contributed by atoms with Gasteiger partial charge in [-0.1, -0.05) is 81.4 Å². The fourth-order valence-electron chi connectivity index (χ4n) is 3.60. The molecule has 1 radical (unpaired) electrons. The van der Waals surface area contributed by atoms with Crippen molar-refractivity contribution in [2.24, 2.45) is 0 Å². The van der Waals surface area contributed by atoms with E-state index in [1.54, 1.807) is 7.62 Å². The second-order valence-electron chi connectivity index (χ2n) is 8.93. The minimum Gasteiger partial charge on any atom is -0.413 e. The van der Waals surface area contributed by atoms with Crippen molar-refractivity contribution in [3.63, 3.8) is 0 Å². The number of hydrogen-bond donors (Lipinski definition) is 1. The van der Waals surface area contributed by atoms with E-state index in [1.165, 1.54) is 0 Å². The van der Waals surface area contributed by atoms with E-state index in [-0.39, 0.29) is 17.2 Å². The summed E-state index contributed by atoms with van der Waals surface area (Å²) in [5.74, 6) is 0. The van der Waals surface area contributed by atoms with Gasteiger partial charge in [0.1, 0.15) is 5.60 Å². The van der Waals surface area contributed by atoms with Gasteiger partial charge < -0.3 is 14.3 Å². The summed E-state index contributed by atoms with van der Waals surface area (Å²) in [7, 11) is -0.177. The van der Waals surface area contributed by atoms with Gasteiger partial charge in [0.25, 0.3) is 0 Å². The highest BCUT2D eigenvalue weighted by Gasteiger charge is 2.51. The lowest BCUT2D eigenvalue weighted by Gasteiger charge is -2.44. The summed E-state index contributed by atoms with van der Waals surface area (Å²) in [5.41, 5.74) is 1.66. The molecule has 27 heavy (non-hydrogen) atoms. The molecule has 2 aromatic rings. The zero-order chi connectivity index (χ0) is 19.7. The van der Waals surface area contributed by atoms with E-state index < -0.39 is 13.9 Å². The lowest BCUT2D eigenvalue weighted by atomic mass is 9.78. The second kappa shape index (κ2) is 7.55. The molecule has 0 aromatic heterocycles. The fourth-order valence-corrected chi connectivity index (χ4v) is 5.02. The van der Waals surface area contributed by atoms with Gasteiger partial charge in [-0.05, 0) is 36.2 Å². The van der Waals surface area contributed by atoms with Gasteiger partial charge in [-0.25, -0.2) is 0 Å². The SMILES string of the molecule is C[C@@H](O[Si](C)(C)C(C)(C)C)C1N[B]OC1(c1ccccc1)c1ccccc1. The van der Waals surface area contributed by atoms with E-state index in [0.29, 0.717) is 0 Å². The zero-order valence-corrected chi connectivity index (χ0v) is 18.3. The third-order valence-corrected chi connectivity index (χ3v) is 10.7. The van der Waals surface area contributed by atoms with Crippen LogP contribution < -0.4 is 5.23 Å². The average Bonchev–Trinajstić information content (AvgIpc) is 3.08. The minimum absolute atomic E-state index is 0.00921. The van der Waals surface area contributed by atoms with Gasteiger partial charge in [-0.2, -0.15) is 0 Å². The molecule has 0 aliphatic carbocycles. The van der Waals surface area contributed by atoms with Crippen molar-refractivity contribution in [3.8, 4) is 0 Å². The molecule has 1 aliphatic rings. The molecule has 1 N–H and O–H groups in total. The van der Waals surface area contributed by atoms with Crippen LogP contribution in [0.15, 0.2) is 60.7 Å². The van der Waals surface area contributed by atoms with Crippen molar-refractivity contribution in [2.45, 2.75) is 63.6 Å². The van der Waals surface area contributed by atoms with Gasteiger partial charge in [0.15, 0.2) is 8.32 Å². The van der Waals surface area contributed by atoms with Crippen LogP contribution in [0.25, 0.3) is 0 Å². The Kier molecular flexibility index (Phi) is 5.69. The Bertz CT molecular complexity index is 706. The summed E-state index contributed by atoms with van der Waals surface area (Å²) in [6.45, 7) is 13.6. The Morgan fingerprint density at radius 2 is 1.48 bits per heavy atom. The third-order valence-electron chi connectivity index (χ3n) is 6.09. The molecule has 1 fully saturated rings. The van der Waals surface area contributed by atoms with Crippen molar-refractivity contribution in [3.05, 3.63) is 71.8 Å². The van der Waals surface area contributed by atoms with Crippen molar-refractivity contribution in [2.75, 3.05) is 0 Å². The van der Waals surface area contributed by atoms with Gasteiger partial charge in [0, 0.05) is 0 Å². The molecular formula is C22H31BNO2Si.